The van der Waals surface area contributed by atoms with Crippen molar-refractivity contribution in [2.45, 2.75) is 6.42 Å². The van der Waals surface area contributed by atoms with Gasteiger partial charge in [-0.1, -0.05) is 0 Å². The fourth-order valence-electron chi connectivity index (χ4n) is 2.13. The van der Waals surface area contributed by atoms with Gasteiger partial charge in [-0.3, -0.25) is 4.79 Å². The molecule has 0 bridgehead atoms. The van der Waals surface area contributed by atoms with E-state index in [4.69, 9.17) is 0 Å². The Kier molecular flexibility index (Phi) is 2.96. The molecule has 0 amide bonds. The molecular formula is C8H14ClNO2. The summed E-state index contributed by atoms with van der Waals surface area (Å²) in [4.78, 5) is 10.9. The molecule has 4 heteroatoms. The molecule has 3 atom stereocenters. The number of hydrogen-bond donors (Lipinski definition) is 1. The van der Waals surface area contributed by atoms with Gasteiger partial charge < -0.3 is 10.1 Å². The first-order valence-corrected chi connectivity index (χ1v) is 4.10. The van der Waals surface area contributed by atoms with Crippen molar-refractivity contribution in [1.29, 1.82) is 0 Å². The van der Waals surface area contributed by atoms with Gasteiger partial charge in [-0.05, 0) is 30.8 Å². The Hall–Kier alpha value is -0.280. The molecule has 2 fully saturated rings. The van der Waals surface area contributed by atoms with Gasteiger partial charge in [-0.15, -0.1) is 12.4 Å². The number of halogens is 1. The average Bonchev–Trinajstić information content (AvgIpc) is 2.52. The normalized spacial score (nSPS) is 36.6. The molecule has 2 rings (SSSR count). The average molecular weight is 192 g/mol. The van der Waals surface area contributed by atoms with E-state index in [2.05, 4.69) is 10.1 Å². The van der Waals surface area contributed by atoms with Crippen LogP contribution in [0.15, 0.2) is 0 Å². The molecule has 1 aliphatic carbocycles. The van der Waals surface area contributed by atoms with E-state index in [1.165, 1.54) is 7.11 Å². The second-order valence-corrected chi connectivity index (χ2v) is 3.43. The fourth-order valence-corrected chi connectivity index (χ4v) is 2.13. The van der Waals surface area contributed by atoms with E-state index in [-0.39, 0.29) is 18.4 Å². The lowest BCUT2D eigenvalue weighted by Crippen LogP contribution is -2.16. The Labute approximate surface area is 78.3 Å². The number of hydrogen-bond acceptors (Lipinski definition) is 3. The molecule has 0 aromatic carbocycles. The van der Waals surface area contributed by atoms with E-state index in [1.54, 1.807) is 0 Å². The third-order valence-electron chi connectivity index (χ3n) is 2.90. The molecule has 1 saturated heterocycles. The summed E-state index contributed by atoms with van der Waals surface area (Å²) in [6, 6.07) is 0. The summed E-state index contributed by atoms with van der Waals surface area (Å²) >= 11 is 0. The first-order chi connectivity index (χ1) is 5.33. The highest BCUT2D eigenvalue weighted by Crippen LogP contribution is 2.50. The van der Waals surface area contributed by atoms with Crippen molar-refractivity contribution in [3.05, 3.63) is 0 Å². The van der Waals surface area contributed by atoms with Gasteiger partial charge in [0.15, 0.2) is 0 Å². The van der Waals surface area contributed by atoms with Gasteiger partial charge in [0.1, 0.15) is 0 Å². The molecule has 70 valence electrons. The maximum absolute atomic E-state index is 10.9. The van der Waals surface area contributed by atoms with Crippen molar-refractivity contribution in [2.24, 2.45) is 17.8 Å². The zero-order valence-corrected chi connectivity index (χ0v) is 7.89. The van der Waals surface area contributed by atoms with Gasteiger partial charge in [-0.25, -0.2) is 0 Å². The van der Waals surface area contributed by atoms with Crippen molar-refractivity contribution in [2.75, 3.05) is 20.2 Å². The molecule has 1 N–H and O–H groups in total. The van der Waals surface area contributed by atoms with Gasteiger partial charge in [0.05, 0.1) is 7.11 Å². The molecule has 1 aliphatic heterocycles. The molecule has 0 radical (unpaired) electrons. The number of carbonyl (C=O) groups is 1. The van der Waals surface area contributed by atoms with Gasteiger partial charge in [0.2, 0.25) is 0 Å². The topological polar surface area (TPSA) is 38.3 Å². The van der Waals surface area contributed by atoms with Crippen LogP contribution in [0.1, 0.15) is 6.42 Å². The third kappa shape index (κ3) is 1.57. The molecule has 12 heavy (non-hydrogen) atoms. The molecule has 1 saturated carbocycles. The second-order valence-electron chi connectivity index (χ2n) is 3.43. The van der Waals surface area contributed by atoms with Crippen LogP contribution in [0, 0.1) is 17.8 Å². The highest BCUT2D eigenvalue weighted by Gasteiger charge is 2.53. The van der Waals surface area contributed by atoms with Crippen molar-refractivity contribution in [3.63, 3.8) is 0 Å². The standard InChI is InChI=1S/C8H13NO2.ClH/c1-11-8(10)2-5-6-3-9-4-7(5)6;/h5-7,9H,2-4H2,1H3;1H/t5-,6-,7+;. The molecule has 2 aliphatic rings. The Morgan fingerprint density at radius 1 is 1.50 bits per heavy atom. The third-order valence-corrected chi connectivity index (χ3v) is 2.90. The van der Waals surface area contributed by atoms with E-state index < -0.39 is 0 Å². The minimum Gasteiger partial charge on any atom is -0.469 e. The first kappa shape index (κ1) is 9.81. The Morgan fingerprint density at radius 3 is 2.58 bits per heavy atom. The van der Waals surface area contributed by atoms with Gasteiger partial charge in [-0.2, -0.15) is 0 Å². The summed E-state index contributed by atoms with van der Waals surface area (Å²) in [6.45, 7) is 2.21. The summed E-state index contributed by atoms with van der Waals surface area (Å²) in [5, 5.41) is 3.29. The zero-order chi connectivity index (χ0) is 7.84. The van der Waals surface area contributed by atoms with Crippen LogP contribution in [0.4, 0.5) is 0 Å². The summed E-state index contributed by atoms with van der Waals surface area (Å²) in [5.41, 5.74) is 0. The predicted octanol–water partition coefficient (Wildman–Crippen LogP) is 0.437. The number of carbonyl (C=O) groups excluding carboxylic acids is 1. The number of methoxy groups -OCH3 is 1. The fraction of sp³-hybridized carbons (Fsp3) is 0.875. The van der Waals surface area contributed by atoms with Crippen molar-refractivity contribution in [3.8, 4) is 0 Å². The van der Waals surface area contributed by atoms with Crippen LogP contribution in [0.5, 0.6) is 0 Å². The highest BCUT2D eigenvalue weighted by atomic mass is 35.5. The molecule has 0 unspecified atom stereocenters. The van der Waals surface area contributed by atoms with Gasteiger partial charge in [0, 0.05) is 6.42 Å². The Bertz CT molecular complexity index is 176. The predicted molar refractivity (Wildman–Crippen MR) is 47.2 cm³/mol. The number of fused-ring (bicyclic) bond motifs is 1. The van der Waals surface area contributed by atoms with Crippen LogP contribution in [-0.4, -0.2) is 26.2 Å². The van der Waals surface area contributed by atoms with Crippen LogP contribution in [0.3, 0.4) is 0 Å². The lowest BCUT2D eigenvalue weighted by Gasteiger charge is -2.01. The number of piperidine rings is 1. The van der Waals surface area contributed by atoms with Crippen LogP contribution >= 0.6 is 12.4 Å². The zero-order valence-electron chi connectivity index (χ0n) is 7.08. The maximum atomic E-state index is 10.9. The lowest BCUT2D eigenvalue weighted by atomic mass is 10.2. The molecule has 0 aromatic heterocycles. The van der Waals surface area contributed by atoms with E-state index in [9.17, 15) is 4.79 Å². The van der Waals surface area contributed by atoms with Crippen molar-refractivity contribution >= 4 is 18.4 Å². The van der Waals surface area contributed by atoms with E-state index in [1.807, 2.05) is 0 Å². The van der Waals surface area contributed by atoms with Crippen LogP contribution in [0.2, 0.25) is 0 Å². The maximum Gasteiger partial charge on any atom is 0.305 e. The van der Waals surface area contributed by atoms with E-state index in [0.717, 1.165) is 24.9 Å². The van der Waals surface area contributed by atoms with Crippen molar-refractivity contribution in [1.82, 2.24) is 5.32 Å². The Balaban J connectivity index is 0.000000720. The second kappa shape index (κ2) is 3.62. The Morgan fingerprint density at radius 2 is 2.08 bits per heavy atom. The first-order valence-electron chi connectivity index (χ1n) is 4.10. The van der Waals surface area contributed by atoms with E-state index in [0.29, 0.717) is 12.3 Å². The number of esters is 1. The van der Waals surface area contributed by atoms with Crippen molar-refractivity contribution < 1.29 is 9.53 Å². The summed E-state index contributed by atoms with van der Waals surface area (Å²) < 4.78 is 4.61. The van der Waals surface area contributed by atoms with E-state index >= 15 is 0 Å². The summed E-state index contributed by atoms with van der Waals surface area (Å²) in [7, 11) is 1.46. The lowest BCUT2D eigenvalue weighted by molar-refractivity contribution is -0.141. The molecular weight excluding hydrogens is 178 g/mol. The highest BCUT2D eigenvalue weighted by molar-refractivity contribution is 5.85. The molecule has 3 nitrogen and oxygen atoms in total. The minimum atomic E-state index is -0.0515. The van der Waals surface area contributed by atoms with Crippen LogP contribution in [0.25, 0.3) is 0 Å². The summed E-state index contributed by atoms with van der Waals surface area (Å²) in [5.74, 6) is 2.12. The monoisotopic (exact) mass is 191 g/mol. The smallest absolute Gasteiger partial charge is 0.305 e. The molecule has 0 spiro atoms. The minimum absolute atomic E-state index is 0. The number of nitrogens with one attached hydrogen (secondary N) is 1. The summed E-state index contributed by atoms with van der Waals surface area (Å²) in [6.07, 6.45) is 0.632. The van der Waals surface area contributed by atoms with Crippen LogP contribution in [-0.2, 0) is 9.53 Å². The number of rotatable bonds is 2. The van der Waals surface area contributed by atoms with Crippen LogP contribution < -0.4 is 5.32 Å². The number of ether oxygens (including phenoxy) is 1. The molecule has 0 aromatic rings. The quantitative estimate of drug-likeness (QED) is 0.644. The van der Waals surface area contributed by atoms with Gasteiger partial charge in [0.25, 0.3) is 0 Å². The SMILES string of the molecule is COC(=O)C[C@H]1[C@@H]2CNC[C@@H]21.Cl. The van der Waals surface area contributed by atoms with Gasteiger partial charge >= 0.3 is 5.97 Å². The molecule has 1 heterocycles. The largest absolute Gasteiger partial charge is 0.469 e.